The van der Waals surface area contributed by atoms with Gasteiger partial charge in [-0.25, -0.2) is 0 Å². The standard InChI is InChI=1S/C5H12O4.4Na.H4O7P2/c6-1-5(2-7,3-8)4-9;;;;;1-8(2,3)7-9(4,5)6/h6-9H,1-4H2;;;;;(H2,1,2,3)(H2,4,5,6)/q;4*+1;/p-4. The summed E-state index contributed by atoms with van der Waals surface area (Å²) in [5, 5.41) is 34.0. The second-order valence-electron chi connectivity index (χ2n) is 3.11. The fourth-order valence-corrected chi connectivity index (χ4v) is 1.40. The van der Waals surface area contributed by atoms with Crippen LogP contribution in [0.5, 0.6) is 0 Å². The molecule has 0 aliphatic heterocycles. The normalized spacial score (nSPS) is 10.5. The molecule has 0 unspecified atom stereocenters. The minimum atomic E-state index is -5.68. The van der Waals surface area contributed by atoms with Crippen LogP contribution >= 0.6 is 15.6 Å². The van der Waals surface area contributed by atoms with Crippen LogP contribution in [0.2, 0.25) is 0 Å². The molecule has 0 aliphatic rings. The number of aliphatic hydroxyl groups is 4. The third-order valence-corrected chi connectivity index (χ3v) is 3.14. The average molecular weight is 402 g/mol. The molecule has 0 saturated heterocycles. The first-order valence-corrected chi connectivity index (χ1v) is 7.06. The van der Waals surface area contributed by atoms with Crippen LogP contribution in [0.4, 0.5) is 0 Å². The fourth-order valence-electron chi connectivity index (χ4n) is 0.422. The maximum atomic E-state index is 9.32. The summed E-state index contributed by atoms with van der Waals surface area (Å²) in [5.74, 6) is 0. The van der Waals surface area contributed by atoms with E-state index >= 15 is 0 Å². The van der Waals surface area contributed by atoms with Crippen LogP contribution in [0.3, 0.4) is 0 Å². The van der Waals surface area contributed by atoms with E-state index in [0.29, 0.717) is 0 Å². The Morgan fingerprint density at radius 1 is 0.682 bits per heavy atom. The summed E-state index contributed by atoms with van der Waals surface area (Å²) in [6.45, 7) is -1.62. The molecule has 0 amide bonds. The fraction of sp³-hybridized carbons (Fsp3) is 1.00. The Balaban J connectivity index is -0.0000000492. The van der Waals surface area contributed by atoms with Gasteiger partial charge in [-0.15, -0.1) is 0 Å². The number of phosphoric acid groups is 2. The second-order valence-corrected chi connectivity index (χ2v) is 5.55. The van der Waals surface area contributed by atoms with Gasteiger partial charge in [-0.05, 0) is 0 Å². The zero-order valence-corrected chi connectivity index (χ0v) is 22.7. The quantitative estimate of drug-likeness (QED) is 0.241. The number of hydrogen-bond acceptors (Lipinski definition) is 11. The summed E-state index contributed by atoms with van der Waals surface area (Å²) in [6, 6.07) is 0. The molecule has 0 saturated carbocycles. The molecule has 0 rings (SSSR count). The van der Waals surface area contributed by atoms with Crippen molar-refractivity contribution < 1.29 is 172 Å². The maximum Gasteiger partial charge on any atom is 1.00 e. The van der Waals surface area contributed by atoms with Crippen molar-refractivity contribution in [2.75, 3.05) is 26.4 Å². The van der Waals surface area contributed by atoms with Crippen molar-refractivity contribution in [2.45, 2.75) is 0 Å². The maximum absolute atomic E-state index is 9.32. The van der Waals surface area contributed by atoms with Crippen molar-refractivity contribution in [3.05, 3.63) is 0 Å². The van der Waals surface area contributed by atoms with Crippen molar-refractivity contribution in [1.29, 1.82) is 0 Å². The van der Waals surface area contributed by atoms with Gasteiger partial charge in [0, 0.05) is 0 Å². The molecule has 0 aromatic rings. The van der Waals surface area contributed by atoms with Crippen molar-refractivity contribution in [3.63, 3.8) is 0 Å². The zero-order chi connectivity index (χ0) is 15.0. The molecule has 0 aromatic heterocycles. The molecule has 0 radical (unpaired) electrons. The molecule has 0 aromatic carbocycles. The smallest absolute Gasteiger partial charge is 0.790 e. The first-order chi connectivity index (χ1) is 7.95. The number of hydrogen-bond donors (Lipinski definition) is 4. The molecule has 112 valence electrons. The Morgan fingerprint density at radius 2 is 0.864 bits per heavy atom. The van der Waals surface area contributed by atoms with Gasteiger partial charge in [-0.2, -0.15) is 0 Å². The largest absolute Gasteiger partial charge is 1.00 e. The summed E-state index contributed by atoms with van der Waals surface area (Å²) in [7, 11) is -11.4. The van der Waals surface area contributed by atoms with Crippen LogP contribution in [0.25, 0.3) is 0 Å². The van der Waals surface area contributed by atoms with Crippen molar-refractivity contribution >= 4 is 15.6 Å². The van der Waals surface area contributed by atoms with Gasteiger partial charge in [0.05, 0.1) is 47.5 Å². The summed E-state index contributed by atoms with van der Waals surface area (Å²) < 4.78 is 21.2. The van der Waals surface area contributed by atoms with Gasteiger partial charge in [0.25, 0.3) is 0 Å². The summed E-state index contributed by atoms with van der Waals surface area (Å²) in [4.78, 5) is 37.3. The van der Waals surface area contributed by atoms with Crippen LogP contribution in [0.15, 0.2) is 0 Å². The molecular weight excluding hydrogens is 390 g/mol. The Hall–Kier alpha value is 4.10. The van der Waals surface area contributed by atoms with Gasteiger partial charge >= 0.3 is 118 Å². The molecule has 17 heteroatoms. The van der Waals surface area contributed by atoms with Gasteiger partial charge in [0.15, 0.2) is 0 Å². The molecule has 0 bridgehead atoms. The summed E-state index contributed by atoms with van der Waals surface area (Å²) in [6.07, 6.45) is 0. The van der Waals surface area contributed by atoms with E-state index in [4.69, 9.17) is 20.4 Å². The van der Waals surface area contributed by atoms with Crippen LogP contribution in [0.1, 0.15) is 0 Å². The van der Waals surface area contributed by atoms with Gasteiger partial charge in [-0.3, -0.25) is 0 Å². The topological polar surface area (TPSA) is 217 Å². The molecule has 0 atom stereocenters. The van der Waals surface area contributed by atoms with Gasteiger partial charge < -0.3 is 53.4 Å². The van der Waals surface area contributed by atoms with Crippen molar-refractivity contribution in [2.24, 2.45) is 5.41 Å². The van der Waals surface area contributed by atoms with Crippen molar-refractivity contribution in [3.8, 4) is 0 Å². The molecular formula is C5H12Na4O11P2. The second kappa shape index (κ2) is 19.9. The SMILES string of the molecule is O=P([O-])([O-])OP(=O)([O-])[O-].OCC(CO)(CO)CO.[Na+].[Na+].[Na+].[Na+]. The van der Waals surface area contributed by atoms with Gasteiger partial charge in [0.1, 0.15) is 0 Å². The molecule has 4 N–H and O–H groups in total. The Bertz CT molecular complexity index is 278. The van der Waals surface area contributed by atoms with Crippen LogP contribution < -0.4 is 138 Å². The van der Waals surface area contributed by atoms with E-state index in [-0.39, 0.29) is 118 Å². The van der Waals surface area contributed by atoms with E-state index in [2.05, 4.69) is 4.31 Å². The van der Waals surface area contributed by atoms with Crippen LogP contribution in [0, 0.1) is 5.41 Å². The molecule has 0 heterocycles. The molecule has 0 aliphatic carbocycles. The Labute approximate surface area is 215 Å². The Morgan fingerprint density at radius 3 is 0.864 bits per heavy atom. The number of rotatable bonds is 6. The summed E-state index contributed by atoms with van der Waals surface area (Å²) in [5.41, 5.74) is -1.11. The molecule has 11 nitrogen and oxygen atoms in total. The van der Waals surface area contributed by atoms with E-state index in [1.165, 1.54) is 0 Å². The Kier molecular flexibility index (Phi) is 36.7. The first kappa shape index (κ1) is 40.7. The third-order valence-electron chi connectivity index (χ3n) is 1.54. The summed E-state index contributed by atoms with van der Waals surface area (Å²) >= 11 is 0. The molecule has 0 fully saturated rings. The monoisotopic (exact) mass is 402 g/mol. The van der Waals surface area contributed by atoms with Crippen molar-refractivity contribution in [1.82, 2.24) is 0 Å². The average Bonchev–Trinajstić information content (AvgIpc) is 2.17. The van der Waals surface area contributed by atoms with E-state index in [9.17, 15) is 28.7 Å². The van der Waals surface area contributed by atoms with E-state index in [1.807, 2.05) is 0 Å². The molecule has 22 heavy (non-hydrogen) atoms. The van der Waals surface area contributed by atoms with Gasteiger partial charge in [-0.1, -0.05) is 0 Å². The zero-order valence-electron chi connectivity index (χ0n) is 12.9. The third kappa shape index (κ3) is 26.3. The van der Waals surface area contributed by atoms with Gasteiger partial charge in [0.2, 0.25) is 0 Å². The predicted molar refractivity (Wildman–Crippen MR) is 47.1 cm³/mol. The van der Waals surface area contributed by atoms with E-state index in [0.717, 1.165) is 0 Å². The number of aliphatic hydroxyl groups excluding tert-OH is 4. The van der Waals surface area contributed by atoms with Crippen LogP contribution in [-0.4, -0.2) is 46.9 Å². The molecule has 0 spiro atoms. The minimum absolute atomic E-state index is 0. The van der Waals surface area contributed by atoms with E-state index in [1.54, 1.807) is 0 Å². The van der Waals surface area contributed by atoms with Crippen LogP contribution in [-0.2, 0) is 13.4 Å². The predicted octanol–water partition coefficient (Wildman–Crippen LogP) is -17.4. The minimum Gasteiger partial charge on any atom is -0.790 e. The van der Waals surface area contributed by atoms with E-state index < -0.39 is 47.5 Å². The first-order valence-electron chi connectivity index (χ1n) is 4.14.